The Kier molecular flexibility index (Phi) is 3.31. The van der Waals surface area contributed by atoms with Crippen LogP contribution in [0.5, 0.6) is 0 Å². The lowest BCUT2D eigenvalue weighted by Gasteiger charge is -2.21. The van der Waals surface area contributed by atoms with E-state index in [2.05, 4.69) is 5.10 Å². The van der Waals surface area contributed by atoms with Gasteiger partial charge in [-0.15, -0.1) is 0 Å². The topological polar surface area (TPSA) is 43.8 Å². The van der Waals surface area contributed by atoms with Crippen LogP contribution in [-0.2, 0) is 12.7 Å². The van der Waals surface area contributed by atoms with Crippen LogP contribution in [0.1, 0.15) is 37.8 Å². The highest BCUT2D eigenvalue weighted by atomic mass is 19.4. The first-order chi connectivity index (χ1) is 7.97. The van der Waals surface area contributed by atoms with Gasteiger partial charge in [-0.1, -0.05) is 19.3 Å². The van der Waals surface area contributed by atoms with Crippen molar-refractivity contribution in [2.45, 2.75) is 44.8 Å². The number of rotatable bonds is 2. The Hall–Kier alpha value is -1.20. The maximum atomic E-state index is 12.4. The molecule has 6 heteroatoms. The van der Waals surface area contributed by atoms with E-state index in [4.69, 9.17) is 5.73 Å². The van der Waals surface area contributed by atoms with Gasteiger partial charge in [0.05, 0.1) is 0 Å². The minimum atomic E-state index is -4.41. The van der Waals surface area contributed by atoms with Crippen LogP contribution in [0.25, 0.3) is 0 Å². The van der Waals surface area contributed by atoms with Gasteiger partial charge in [0, 0.05) is 12.6 Å². The largest absolute Gasteiger partial charge is 0.435 e. The molecule has 0 bridgehead atoms. The Bertz CT molecular complexity index is 378. The van der Waals surface area contributed by atoms with Crippen molar-refractivity contribution in [3.8, 4) is 0 Å². The van der Waals surface area contributed by atoms with Crippen LogP contribution < -0.4 is 5.73 Å². The van der Waals surface area contributed by atoms with Crippen molar-refractivity contribution in [1.82, 2.24) is 9.78 Å². The van der Waals surface area contributed by atoms with Gasteiger partial charge in [0.15, 0.2) is 5.69 Å². The maximum Gasteiger partial charge on any atom is 0.435 e. The highest BCUT2D eigenvalue weighted by molar-refractivity contribution is 5.32. The molecule has 1 heterocycles. The fourth-order valence-corrected chi connectivity index (χ4v) is 2.33. The van der Waals surface area contributed by atoms with Gasteiger partial charge < -0.3 is 5.73 Å². The first-order valence-corrected chi connectivity index (χ1v) is 5.87. The summed E-state index contributed by atoms with van der Waals surface area (Å²) in [5.41, 5.74) is 4.66. The number of anilines is 1. The van der Waals surface area contributed by atoms with Crippen molar-refractivity contribution < 1.29 is 13.2 Å². The van der Waals surface area contributed by atoms with E-state index in [0.29, 0.717) is 12.5 Å². The normalized spacial score (nSPS) is 18.5. The smallest absolute Gasteiger partial charge is 0.384 e. The number of nitrogens with zero attached hydrogens (tertiary/aromatic N) is 2. The zero-order valence-corrected chi connectivity index (χ0v) is 9.50. The van der Waals surface area contributed by atoms with Gasteiger partial charge in [-0.3, -0.25) is 0 Å². The number of aromatic nitrogens is 2. The van der Waals surface area contributed by atoms with Crippen LogP contribution in [0.3, 0.4) is 0 Å². The average molecular weight is 247 g/mol. The minimum absolute atomic E-state index is 0.0999. The highest BCUT2D eigenvalue weighted by Crippen LogP contribution is 2.30. The van der Waals surface area contributed by atoms with Crippen molar-refractivity contribution in [2.75, 3.05) is 5.73 Å². The van der Waals surface area contributed by atoms with Crippen molar-refractivity contribution >= 4 is 5.82 Å². The molecule has 1 aliphatic rings. The molecular formula is C11H16F3N3. The molecule has 0 saturated heterocycles. The van der Waals surface area contributed by atoms with E-state index < -0.39 is 11.9 Å². The second kappa shape index (κ2) is 4.58. The summed E-state index contributed by atoms with van der Waals surface area (Å²) in [6.07, 6.45) is 1.22. The van der Waals surface area contributed by atoms with Crippen molar-refractivity contribution in [3.05, 3.63) is 11.8 Å². The molecule has 1 aromatic rings. The van der Waals surface area contributed by atoms with Gasteiger partial charge in [-0.25, -0.2) is 4.68 Å². The van der Waals surface area contributed by atoms with Crippen LogP contribution in [0, 0.1) is 5.92 Å². The molecule has 1 aliphatic carbocycles. The quantitative estimate of drug-likeness (QED) is 0.872. The third-order valence-electron chi connectivity index (χ3n) is 3.26. The minimum Gasteiger partial charge on any atom is -0.384 e. The molecule has 17 heavy (non-hydrogen) atoms. The Morgan fingerprint density at radius 1 is 1.29 bits per heavy atom. The molecule has 0 aromatic carbocycles. The molecule has 1 fully saturated rings. The standard InChI is InChI=1S/C11H16F3N3/c12-11(13,14)9-6-10(15)17(16-9)7-8-4-2-1-3-5-8/h6,8H,1-5,7,15H2. The summed E-state index contributed by atoms with van der Waals surface area (Å²) in [5.74, 6) is 0.509. The highest BCUT2D eigenvalue weighted by Gasteiger charge is 2.34. The molecule has 0 atom stereocenters. The summed E-state index contributed by atoms with van der Waals surface area (Å²) in [5, 5.41) is 3.54. The SMILES string of the molecule is Nc1cc(C(F)(F)F)nn1CC1CCCCC1. The summed E-state index contributed by atoms with van der Waals surface area (Å²) >= 11 is 0. The molecule has 1 saturated carbocycles. The number of nitrogen functional groups attached to an aromatic ring is 1. The third-order valence-corrected chi connectivity index (χ3v) is 3.26. The Balaban J connectivity index is 2.07. The van der Waals surface area contributed by atoms with Crippen LogP contribution in [0.2, 0.25) is 0 Å². The van der Waals surface area contributed by atoms with Crippen LogP contribution >= 0.6 is 0 Å². The molecule has 2 N–H and O–H groups in total. The molecule has 1 aromatic heterocycles. The predicted molar refractivity (Wildman–Crippen MR) is 58.2 cm³/mol. The first kappa shape index (κ1) is 12.3. The number of hydrogen-bond donors (Lipinski definition) is 1. The lowest BCUT2D eigenvalue weighted by Crippen LogP contribution is -2.17. The van der Waals surface area contributed by atoms with Gasteiger partial charge in [-0.2, -0.15) is 18.3 Å². The summed E-state index contributed by atoms with van der Waals surface area (Å²) in [4.78, 5) is 0. The maximum absolute atomic E-state index is 12.4. The number of hydrogen-bond acceptors (Lipinski definition) is 2. The van der Waals surface area contributed by atoms with Crippen molar-refractivity contribution in [3.63, 3.8) is 0 Å². The number of alkyl halides is 3. The second-order valence-electron chi connectivity index (χ2n) is 4.64. The van der Waals surface area contributed by atoms with Crippen LogP contribution in [-0.4, -0.2) is 9.78 Å². The van der Waals surface area contributed by atoms with Gasteiger partial charge in [0.2, 0.25) is 0 Å². The Morgan fingerprint density at radius 2 is 1.94 bits per heavy atom. The Morgan fingerprint density at radius 3 is 2.47 bits per heavy atom. The fourth-order valence-electron chi connectivity index (χ4n) is 2.33. The van der Waals surface area contributed by atoms with E-state index in [0.717, 1.165) is 31.7 Å². The molecule has 96 valence electrons. The second-order valence-corrected chi connectivity index (χ2v) is 4.64. The van der Waals surface area contributed by atoms with E-state index in [1.54, 1.807) is 0 Å². The molecule has 0 radical (unpaired) electrons. The lowest BCUT2D eigenvalue weighted by atomic mass is 9.89. The van der Waals surface area contributed by atoms with Crippen LogP contribution in [0.15, 0.2) is 6.07 Å². The fraction of sp³-hybridized carbons (Fsp3) is 0.727. The molecular weight excluding hydrogens is 231 g/mol. The number of nitrogens with two attached hydrogens (primary N) is 1. The van der Waals surface area contributed by atoms with E-state index in [1.807, 2.05) is 0 Å². The van der Waals surface area contributed by atoms with Gasteiger partial charge in [-0.05, 0) is 18.8 Å². The Labute approximate surface area is 97.8 Å². The summed E-state index contributed by atoms with van der Waals surface area (Å²) in [7, 11) is 0. The molecule has 0 spiro atoms. The molecule has 0 amide bonds. The number of halogens is 3. The lowest BCUT2D eigenvalue weighted by molar-refractivity contribution is -0.141. The molecule has 3 nitrogen and oxygen atoms in total. The van der Waals surface area contributed by atoms with Crippen molar-refractivity contribution in [2.24, 2.45) is 5.92 Å². The monoisotopic (exact) mass is 247 g/mol. The van der Waals surface area contributed by atoms with Gasteiger partial charge in [0.25, 0.3) is 0 Å². The molecule has 0 aliphatic heterocycles. The first-order valence-electron chi connectivity index (χ1n) is 5.87. The molecule has 0 unspecified atom stereocenters. The van der Waals surface area contributed by atoms with E-state index in [-0.39, 0.29) is 5.82 Å². The van der Waals surface area contributed by atoms with Gasteiger partial charge >= 0.3 is 6.18 Å². The van der Waals surface area contributed by atoms with E-state index in [9.17, 15) is 13.2 Å². The predicted octanol–water partition coefficient (Wildman–Crippen LogP) is 3.06. The summed E-state index contributed by atoms with van der Waals surface area (Å²) < 4.78 is 38.6. The van der Waals surface area contributed by atoms with Gasteiger partial charge in [0.1, 0.15) is 5.82 Å². The van der Waals surface area contributed by atoms with E-state index >= 15 is 0 Å². The zero-order chi connectivity index (χ0) is 12.5. The third kappa shape index (κ3) is 2.92. The van der Waals surface area contributed by atoms with Crippen LogP contribution in [0.4, 0.5) is 19.0 Å². The summed E-state index contributed by atoms with van der Waals surface area (Å²) in [6.45, 7) is 0.502. The molecule has 2 rings (SSSR count). The summed E-state index contributed by atoms with van der Waals surface area (Å²) in [6, 6.07) is 0.906. The zero-order valence-electron chi connectivity index (χ0n) is 9.50. The average Bonchev–Trinajstić information content (AvgIpc) is 2.62. The van der Waals surface area contributed by atoms with Crippen molar-refractivity contribution in [1.29, 1.82) is 0 Å². The van der Waals surface area contributed by atoms with E-state index in [1.165, 1.54) is 11.1 Å².